The highest BCUT2D eigenvalue weighted by atomic mass is 35.5. The second kappa shape index (κ2) is 6.96. The summed E-state index contributed by atoms with van der Waals surface area (Å²) in [5.41, 5.74) is 1.74. The molecule has 0 heterocycles. The number of benzene rings is 2. The van der Waals surface area contributed by atoms with Gasteiger partial charge in [0.15, 0.2) is 10.9 Å². The Morgan fingerprint density at radius 2 is 1.82 bits per heavy atom. The van der Waals surface area contributed by atoms with Gasteiger partial charge in [-0.3, -0.25) is 10.1 Å². The minimum Gasteiger partial charge on any atom is -0.504 e. The van der Waals surface area contributed by atoms with Crippen LogP contribution in [0.1, 0.15) is 15.9 Å². The molecule has 7 heteroatoms. The predicted octanol–water partition coefficient (Wildman–Crippen LogP) is 4.13. The van der Waals surface area contributed by atoms with E-state index in [4.69, 9.17) is 35.4 Å². The molecule has 0 aliphatic rings. The van der Waals surface area contributed by atoms with Gasteiger partial charge < -0.3 is 10.4 Å². The standard InChI is InChI=1S/C15H12Cl2N2O2S/c1-8-2-4-9(5-3-8)14(21)19-15(22)18-12-7-10(16)6-11(17)13(12)20/h2-7,20H,1H3,(H2,18,19,21,22). The largest absolute Gasteiger partial charge is 0.504 e. The van der Waals surface area contributed by atoms with Crippen molar-refractivity contribution in [1.82, 2.24) is 5.32 Å². The Labute approximate surface area is 143 Å². The van der Waals surface area contributed by atoms with E-state index in [1.165, 1.54) is 12.1 Å². The number of halogens is 2. The number of phenolic OH excluding ortho intramolecular Hbond substituents is 1. The maximum atomic E-state index is 12.0. The molecule has 114 valence electrons. The molecule has 4 nitrogen and oxygen atoms in total. The van der Waals surface area contributed by atoms with Gasteiger partial charge >= 0.3 is 0 Å². The van der Waals surface area contributed by atoms with Crippen LogP contribution >= 0.6 is 35.4 Å². The smallest absolute Gasteiger partial charge is 0.257 e. The summed E-state index contributed by atoms with van der Waals surface area (Å²) in [7, 11) is 0. The Bertz CT molecular complexity index is 733. The number of aromatic hydroxyl groups is 1. The van der Waals surface area contributed by atoms with E-state index in [9.17, 15) is 9.90 Å². The molecule has 0 spiro atoms. The fourth-order valence-corrected chi connectivity index (χ4v) is 2.39. The van der Waals surface area contributed by atoms with Crippen molar-refractivity contribution in [2.75, 3.05) is 5.32 Å². The fourth-order valence-electron chi connectivity index (χ4n) is 1.70. The van der Waals surface area contributed by atoms with Crippen molar-refractivity contribution in [3.8, 4) is 5.75 Å². The number of nitrogens with one attached hydrogen (secondary N) is 2. The zero-order valence-corrected chi connectivity index (χ0v) is 13.8. The molecular weight excluding hydrogens is 343 g/mol. The number of carbonyl (C=O) groups is 1. The number of aryl methyl sites for hydroxylation is 1. The van der Waals surface area contributed by atoms with Crippen molar-refractivity contribution in [2.45, 2.75) is 6.92 Å². The number of phenols is 1. The van der Waals surface area contributed by atoms with Gasteiger partial charge in [-0.1, -0.05) is 40.9 Å². The molecule has 0 aliphatic heterocycles. The van der Waals surface area contributed by atoms with Crippen LogP contribution in [0.15, 0.2) is 36.4 Å². The van der Waals surface area contributed by atoms with E-state index in [2.05, 4.69) is 10.6 Å². The van der Waals surface area contributed by atoms with Crippen molar-refractivity contribution in [1.29, 1.82) is 0 Å². The van der Waals surface area contributed by atoms with Crippen LogP contribution in [0, 0.1) is 6.92 Å². The Hall–Kier alpha value is -1.82. The van der Waals surface area contributed by atoms with Crippen LogP contribution in [-0.4, -0.2) is 16.1 Å². The van der Waals surface area contributed by atoms with Crippen molar-refractivity contribution < 1.29 is 9.90 Å². The monoisotopic (exact) mass is 354 g/mol. The van der Waals surface area contributed by atoms with Crippen molar-refractivity contribution in [2.24, 2.45) is 0 Å². The SMILES string of the molecule is Cc1ccc(C(=O)NC(=S)Nc2cc(Cl)cc(Cl)c2O)cc1. The first-order chi connectivity index (χ1) is 10.4. The summed E-state index contributed by atoms with van der Waals surface area (Å²) in [6, 6.07) is 9.90. The lowest BCUT2D eigenvalue weighted by Gasteiger charge is -2.12. The average molecular weight is 355 g/mol. The highest BCUT2D eigenvalue weighted by Crippen LogP contribution is 2.34. The molecule has 0 aromatic heterocycles. The van der Waals surface area contributed by atoms with Crippen LogP contribution in [0.25, 0.3) is 0 Å². The van der Waals surface area contributed by atoms with Crippen LogP contribution in [0.5, 0.6) is 5.75 Å². The molecule has 2 rings (SSSR count). The molecule has 22 heavy (non-hydrogen) atoms. The zero-order chi connectivity index (χ0) is 16.3. The summed E-state index contributed by atoms with van der Waals surface area (Å²) in [5, 5.41) is 15.5. The van der Waals surface area contributed by atoms with E-state index < -0.39 is 0 Å². The second-order valence-corrected chi connectivity index (χ2v) is 5.81. The number of thiocarbonyl (C=S) groups is 1. The number of hydrogen-bond acceptors (Lipinski definition) is 3. The van der Waals surface area contributed by atoms with Gasteiger partial charge in [-0.15, -0.1) is 0 Å². The van der Waals surface area contributed by atoms with Gasteiger partial charge in [0.1, 0.15) is 0 Å². The minimum absolute atomic E-state index is 0.0270. The lowest BCUT2D eigenvalue weighted by Crippen LogP contribution is -2.34. The molecule has 2 aromatic carbocycles. The summed E-state index contributed by atoms with van der Waals surface area (Å²) in [5.74, 6) is -0.553. The minimum atomic E-state index is -0.356. The van der Waals surface area contributed by atoms with Crippen LogP contribution in [0.4, 0.5) is 5.69 Å². The van der Waals surface area contributed by atoms with Gasteiger partial charge in [0.05, 0.1) is 10.7 Å². The molecule has 0 fully saturated rings. The number of anilines is 1. The fraction of sp³-hybridized carbons (Fsp3) is 0.0667. The molecule has 0 bridgehead atoms. The third kappa shape index (κ3) is 4.10. The number of hydrogen-bond donors (Lipinski definition) is 3. The lowest BCUT2D eigenvalue weighted by molar-refractivity contribution is 0.0977. The molecule has 0 unspecified atom stereocenters. The predicted molar refractivity (Wildman–Crippen MR) is 93.0 cm³/mol. The van der Waals surface area contributed by atoms with E-state index in [1.807, 2.05) is 19.1 Å². The summed E-state index contributed by atoms with van der Waals surface area (Å²) < 4.78 is 0. The molecule has 3 N–H and O–H groups in total. The highest BCUT2D eigenvalue weighted by Gasteiger charge is 2.12. The van der Waals surface area contributed by atoms with Crippen LogP contribution in [0.3, 0.4) is 0 Å². The van der Waals surface area contributed by atoms with Crippen molar-refractivity contribution in [3.05, 3.63) is 57.6 Å². The van der Waals surface area contributed by atoms with Gasteiger partial charge in [0.2, 0.25) is 0 Å². The average Bonchev–Trinajstić information content (AvgIpc) is 2.44. The summed E-state index contributed by atoms with van der Waals surface area (Å²) in [6.45, 7) is 1.93. The van der Waals surface area contributed by atoms with E-state index in [1.54, 1.807) is 12.1 Å². The molecule has 0 saturated carbocycles. The van der Waals surface area contributed by atoms with E-state index in [-0.39, 0.29) is 27.5 Å². The maximum absolute atomic E-state index is 12.0. The summed E-state index contributed by atoms with van der Waals surface area (Å²) in [4.78, 5) is 12.0. The van der Waals surface area contributed by atoms with Gasteiger partial charge in [0.25, 0.3) is 5.91 Å². The second-order valence-electron chi connectivity index (χ2n) is 4.56. The highest BCUT2D eigenvalue weighted by molar-refractivity contribution is 7.80. The van der Waals surface area contributed by atoms with Crippen molar-refractivity contribution >= 4 is 52.1 Å². The first-order valence-electron chi connectivity index (χ1n) is 6.24. The quantitative estimate of drug-likeness (QED) is 0.560. The van der Waals surface area contributed by atoms with Gasteiger partial charge in [-0.05, 0) is 43.4 Å². The first kappa shape index (κ1) is 16.5. The third-order valence-electron chi connectivity index (χ3n) is 2.82. The number of carbonyl (C=O) groups excluding carboxylic acids is 1. The summed E-state index contributed by atoms with van der Waals surface area (Å²) >= 11 is 16.7. The van der Waals surface area contributed by atoms with Crippen molar-refractivity contribution in [3.63, 3.8) is 0 Å². The maximum Gasteiger partial charge on any atom is 0.257 e. The normalized spacial score (nSPS) is 10.1. The molecule has 0 aliphatic carbocycles. The lowest BCUT2D eigenvalue weighted by atomic mass is 10.1. The van der Waals surface area contributed by atoms with Crippen LogP contribution in [0.2, 0.25) is 10.0 Å². The molecule has 0 radical (unpaired) electrons. The van der Waals surface area contributed by atoms with E-state index in [0.717, 1.165) is 5.56 Å². The Kier molecular flexibility index (Phi) is 5.24. The molecule has 0 atom stereocenters. The molecule has 0 saturated heterocycles. The Balaban J connectivity index is 2.07. The third-order valence-corrected chi connectivity index (χ3v) is 3.53. The first-order valence-corrected chi connectivity index (χ1v) is 7.40. The Morgan fingerprint density at radius 1 is 1.18 bits per heavy atom. The van der Waals surface area contributed by atoms with E-state index in [0.29, 0.717) is 10.6 Å². The van der Waals surface area contributed by atoms with Gasteiger partial charge in [-0.2, -0.15) is 0 Å². The number of rotatable bonds is 2. The topological polar surface area (TPSA) is 61.4 Å². The number of amides is 1. The molecular formula is C15H12Cl2N2O2S. The zero-order valence-electron chi connectivity index (χ0n) is 11.5. The van der Waals surface area contributed by atoms with Gasteiger partial charge in [-0.25, -0.2) is 0 Å². The Morgan fingerprint density at radius 3 is 2.45 bits per heavy atom. The van der Waals surface area contributed by atoms with Gasteiger partial charge in [0, 0.05) is 10.6 Å². The van der Waals surface area contributed by atoms with E-state index >= 15 is 0 Å². The van der Waals surface area contributed by atoms with Crippen LogP contribution < -0.4 is 10.6 Å². The van der Waals surface area contributed by atoms with Crippen LogP contribution in [-0.2, 0) is 0 Å². The molecule has 2 aromatic rings. The summed E-state index contributed by atoms with van der Waals surface area (Å²) in [6.07, 6.45) is 0. The molecule has 1 amide bonds.